The van der Waals surface area contributed by atoms with Gasteiger partial charge in [0, 0.05) is 0 Å². The monoisotopic (exact) mass is 232 g/mol. The lowest BCUT2D eigenvalue weighted by atomic mass is 10.2. The van der Waals surface area contributed by atoms with Crippen molar-refractivity contribution < 1.29 is 0 Å². The van der Waals surface area contributed by atoms with E-state index >= 15 is 0 Å². The lowest BCUT2D eigenvalue weighted by Gasteiger charge is -1.90. The molecule has 0 N–H and O–H groups in total. The molecule has 0 aliphatic rings. The molecule has 0 spiro atoms. The fourth-order valence-corrected chi connectivity index (χ4v) is 2.67. The molecule has 15 heavy (non-hydrogen) atoms. The highest BCUT2D eigenvalue weighted by Crippen LogP contribution is 2.25. The highest BCUT2D eigenvalue weighted by Gasteiger charge is 1.94. The number of rotatable bonds is 3. The molecule has 0 aliphatic carbocycles. The summed E-state index contributed by atoms with van der Waals surface area (Å²) in [5.41, 5.74) is 2.53. The van der Waals surface area contributed by atoms with Crippen molar-refractivity contribution >= 4 is 35.3 Å². The Balaban J connectivity index is 2.11. The van der Waals surface area contributed by atoms with Crippen molar-refractivity contribution in [1.82, 2.24) is 0 Å². The lowest BCUT2D eigenvalue weighted by Crippen LogP contribution is -1.68. The summed E-state index contributed by atoms with van der Waals surface area (Å²) < 4.78 is 1.36. The molecular weight excluding hydrogens is 220 g/mol. The Bertz CT molecular complexity index is 441. The van der Waals surface area contributed by atoms with Crippen molar-refractivity contribution in [3.05, 3.63) is 52.9 Å². The first kappa shape index (κ1) is 10.5. The van der Waals surface area contributed by atoms with Crippen LogP contribution in [0.5, 0.6) is 0 Å². The molecule has 1 aromatic heterocycles. The molecule has 0 bridgehead atoms. The van der Waals surface area contributed by atoms with Gasteiger partial charge in [-0.3, -0.25) is 0 Å². The second-order valence-electron chi connectivity index (χ2n) is 3.15. The first-order chi connectivity index (χ1) is 7.38. The van der Waals surface area contributed by atoms with Gasteiger partial charge in [0.2, 0.25) is 0 Å². The summed E-state index contributed by atoms with van der Waals surface area (Å²) in [7, 11) is 0. The number of hydrogen-bond acceptors (Lipinski definition) is 2. The molecule has 0 unspecified atom stereocenters. The maximum atomic E-state index is 2.22. The Labute approximate surface area is 98.7 Å². The van der Waals surface area contributed by atoms with Crippen molar-refractivity contribution in [1.29, 1.82) is 0 Å². The van der Waals surface area contributed by atoms with Gasteiger partial charge in [0.05, 0.1) is 4.21 Å². The lowest BCUT2D eigenvalue weighted by molar-refractivity contribution is 1.66. The van der Waals surface area contributed by atoms with Crippen LogP contribution < -0.4 is 0 Å². The second kappa shape index (κ2) is 5.19. The second-order valence-corrected chi connectivity index (χ2v) is 5.16. The van der Waals surface area contributed by atoms with Gasteiger partial charge in [-0.15, -0.1) is 23.1 Å². The molecule has 0 atom stereocenters. The minimum atomic E-state index is 1.24. The number of benzene rings is 1. The summed E-state index contributed by atoms with van der Waals surface area (Å²) in [6.45, 7) is 0. The predicted octanol–water partition coefficient (Wildman–Crippen LogP) is 4.64. The Morgan fingerprint density at radius 3 is 2.47 bits per heavy atom. The fourth-order valence-electron chi connectivity index (χ4n) is 1.28. The zero-order valence-electron chi connectivity index (χ0n) is 8.51. The van der Waals surface area contributed by atoms with Gasteiger partial charge in [-0.2, -0.15) is 0 Å². The summed E-state index contributed by atoms with van der Waals surface area (Å²) >= 11 is 3.59. The third-order valence-corrected chi connectivity index (χ3v) is 4.11. The van der Waals surface area contributed by atoms with Crippen LogP contribution in [0.15, 0.2) is 46.0 Å². The minimum Gasteiger partial charge on any atom is -0.137 e. The number of thioether (sulfide) groups is 1. The van der Waals surface area contributed by atoms with E-state index in [4.69, 9.17) is 0 Å². The van der Waals surface area contributed by atoms with E-state index in [0.29, 0.717) is 0 Å². The van der Waals surface area contributed by atoms with E-state index < -0.39 is 0 Å². The van der Waals surface area contributed by atoms with Crippen LogP contribution in [0.4, 0.5) is 0 Å². The maximum Gasteiger partial charge on any atom is 0.0601 e. The average molecular weight is 232 g/mol. The summed E-state index contributed by atoms with van der Waals surface area (Å²) in [4.78, 5) is 0. The van der Waals surface area contributed by atoms with Crippen LogP contribution in [-0.2, 0) is 0 Å². The van der Waals surface area contributed by atoms with Crippen LogP contribution in [0, 0.1) is 0 Å². The van der Waals surface area contributed by atoms with Crippen molar-refractivity contribution in [2.45, 2.75) is 4.21 Å². The normalized spacial score (nSPS) is 11.0. The van der Waals surface area contributed by atoms with Crippen LogP contribution in [0.3, 0.4) is 0 Å². The summed E-state index contributed by atoms with van der Waals surface area (Å²) in [5, 5.41) is 2.19. The Morgan fingerprint density at radius 1 is 1.07 bits per heavy atom. The van der Waals surface area contributed by atoms with E-state index in [-0.39, 0.29) is 0 Å². The number of hydrogen-bond donors (Lipinski definition) is 0. The van der Waals surface area contributed by atoms with Crippen molar-refractivity contribution in [3.8, 4) is 0 Å². The van der Waals surface area contributed by atoms with Crippen molar-refractivity contribution in [3.63, 3.8) is 0 Å². The zero-order chi connectivity index (χ0) is 10.5. The van der Waals surface area contributed by atoms with E-state index in [1.165, 1.54) is 15.3 Å². The first-order valence-corrected chi connectivity index (χ1v) is 6.84. The van der Waals surface area contributed by atoms with Gasteiger partial charge in [0.15, 0.2) is 0 Å². The van der Waals surface area contributed by atoms with Gasteiger partial charge in [-0.25, -0.2) is 0 Å². The molecule has 2 aromatic rings. The van der Waals surface area contributed by atoms with E-state index in [0.717, 1.165) is 0 Å². The van der Waals surface area contributed by atoms with Crippen LogP contribution in [-0.4, -0.2) is 6.26 Å². The SMILES string of the molecule is CSc1cc(/C=C/c2ccccc2)cs1. The average Bonchev–Trinajstić information content (AvgIpc) is 2.76. The first-order valence-electron chi connectivity index (χ1n) is 4.74. The van der Waals surface area contributed by atoms with Gasteiger partial charge >= 0.3 is 0 Å². The standard InChI is InChI=1S/C13H12S2/c1-14-13-9-12(10-15-13)8-7-11-5-3-2-4-6-11/h2-10H,1H3/b8-7+. The van der Waals surface area contributed by atoms with E-state index in [2.05, 4.69) is 54.1 Å². The third kappa shape index (κ3) is 2.98. The molecule has 76 valence electrons. The van der Waals surface area contributed by atoms with Crippen LogP contribution in [0.2, 0.25) is 0 Å². The fraction of sp³-hybridized carbons (Fsp3) is 0.0769. The molecular formula is C13H12S2. The van der Waals surface area contributed by atoms with Crippen LogP contribution in [0.1, 0.15) is 11.1 Å². The molecule has 0 amide bonds. The minimum absolute atomic E-state index is 1.24. The van der Waals surface area contributed by atoms with E-state index in [1.54, 1.807) is 23.1 Å². The summed E-state index contributed by atoms with van der Waals surface area (Å²) in [5.74, 6) is 0. The molecule has 0 radical (unpaired) electrons. The van der Waals surface area contributed by atoms with Gasteiger partial charge in [0.25, 0.3) is 0 Å². The quantitative estimate of drug-likeness (QED) is 0.695. The van der Waals surface area contributed by atoms with E-state index in [1.807, 2.05) is 6.07 Å². The largest absolute Gasteiger partial charge is 0.137 e. The van der Waals surface area contributed by atoms with Gasteiger partial charge in [0.1, 0.15) is 0 Å². The van der Waals surface area contributed by atoms with Gasteiger partial charge < -0.3 is 0 Å². The molecule has 1 heterocycles. The molecule has 0 aliphatic heterocycles. The Morgan fingerprint density at radius 2 is 1.80 bits per heavy atom. The van der Waals surface area contributed by atoms with Crippen LogP contribution >= 0.6 is 23.1 Å². The van der Waals surface area contributed by atoms with Crippen LogP contribution in [0.25, 0.3) is 12.2 Å². The molecule has 0 fully saturated rings. The summed E-state index contributed by atoms with van der Waals surface area (Å²) in [6.07, 6.45) is 6.41. The smallest absolute Gasteiger partial charge is 0.0601 e. The van der Waals surface area contributed by atoms with E-state index in [9.17, 15) is 0 Å². The predicted molar refractivity (Wildman–Crippen MR) is 71.5 cm³/mol. The Kier molecular flexibility index (Phi) is 3.64. The number of thiophene rings is 1. The molecule has 2 heteroatoms. The van der Waals surface area contributed by atoms with Crippen molar-refractivity contribution in [2.24, 2.45) is 0 Å². The van der Waals surface area contributed by atoms with Gasteiger partial charge in [-0.1, -0.05) is 42.5 Å². The molecule has 0 saturated heterocycles. The molecule has 0 nitrogen and oxygen atoms in total. The zero-order valence-corrected chi connectivity index (χ0v) is 10.1. The van der Waals surface area contributed by atoms with Gasteiger partial charge in [-0.05, 0) is 28.8 Å². The molecule has 0 saturated carbocycles. The highest BCUT2D eigenvalue weighted by atomic mass is 32.2. The topological polar surface area (TPSA) is 0 Å². The van der Waals surface area contributed by atoms with Crippen molar-refractivity contribution in [2.75, 3.05) is 6.26 Å². The molecule has 2 rings (SSSR count). The maximum absolute atomic E-state index is 2.22. The molecule has 1 aromatic carbocycles. The highest BCUT2D eigenvalue weighted by molar-refractivity contribution is 8.00. The Hall–Kier alpha value is -0.990. The summed E-state index contributed by atoms with van der Waals surface area (Å²) in [6, 6.07) is 12.6. The third-order valence-electron chi connectivity index (χ3n) is 2.06.